The fourth-order valence-electron chi connectivity index (χ4n) is 0.699. The number of carbonyl (C=O) groups excluding carboxylic acids is 1. The third-order valence-corrected chi connectivity index (χ3v) is 2.61. The van der Waals surface area contributed by atoms with Crippen molar-refractivity contribution >= 4 is 28.9 Å². The molecule has 0 amide bonds. The first-order valence-corrected chi connectivity index (χ1v) is 4.40. The number of hydrogen-bond acceptors (Lipinski definition) is 4. The van der Waals surface area contributed by atoms with E-state index < -0.39 is 12.1 Å². The van der Waals surface area contributed by atoms with Gasteiger partial charge < -0.3 is 9.84 Å². The average molecular weight is 207 g/mol. The second-order valence-corrected chi connectivity index (χ2v) is 3.47. The largest absolute Gasteiger partial charge is 0.467 e. The molecule has 0 bridgehead atoms. The Kier molecular flexibility index (Phi) is 3.08. The Morgan fingerprint density at radius 2 is 2.50 bits per heavy atom. The molecule has 66 valence electrons. The first-order valence-electron chi connectivity index (χ1n) is 3.15. The molecule has 1 aromatic rings. The monoisotopic (exact) mass is 206 g/mol. The van der Waals surface area contributed by atoms with E-state index in [-0.39, 0.29) is 0 Å². The summed E-state index contributed by atoms with van der Waals surface area (Å²) in [5.41, 5.74) is 0. The zero-order valence-electron chi connectivity index (χ0n) is 6.28. The van der Waals surface area contributed by atoms with Crippen molar-refractivity contribution in [3.8, 4) is 0 Å². The van der Waals surface area contributed by atoms with E-state index >= 15 is 0 Å². The van der Waals surface area contributed by atoms with Gasteiger partial charge in [0.05, 0.1) is 12.1 Å². The van der Waals surface area contributed by atoms with Crippen LogP contribution in [0.25, 0.3) is 0 Å². The van der Waals surface area contributed by atoms with Crippen molar-refractivity contribution in [3.63, 3.8) is 0 Å². The van der Waals surface area contributed by atoms with Gasteiger partial charge in [-0.1, -0.05) is 11.6 Å². The van der Waals surface area contributed by atoms with Gasteiger partial charge in [-0.15, -0.1) is 11.3 Å². The van der Waals surface area contributed by atoms with Crippen LogP contribution in [0.1, 0.15) is 11.0 Å². The van der Waals surface area contributed by atoms with E-state index in [1.54, 1.807) is 5.38 Å². The minimum Gasteiger partial charge on any atom is -0.467 e. The van der Waals surface area contributed by atoms with Gasteiger partial charge in [0.2, 0.25) is 0 Å². The van der Waals surface area contributed by atoms with E-state index in [0.717, 1.165) is 0 Å². The fourth-order valence-corrected chi connectivity index (χ4v) is 1.75. The van der Waals surface area contributed by atoms with Crippen LogP contribution < -0.4 is 0 Å². The third kappa shape index (κ3) is 1.97. The number of rotatable bonds is 2. The van der Waals surface area contributed by atoms with Gasteiger partial charge in [0.15, 0.2) is 6.10 Å². The van der Waals surface area contributed by atoms with E-state index in [4.69, 9.17) is 11.6 Å². The maximum Gasteiger partial charge on any atom is 0.340 e. The Labute approximate surface area is 78.5 Å². The molecule has 12 heavy (non-hydrogen) atoms. The molecular formula is C7H7ClO3S. The number of esters is 1. The fraction of sp³-hybridized carbons (Fsp3) is 0.286. The van der Waals surface area contributed by atoms with E-state index in [2.05, 4.69) is 4.74 Å². The first-order chi connectivity index (χ1) is 5.65. The smallest absolute Gasteiger partial charge is 0.340 e. The minimum atomic E-state index is -1.22. The molecule has 1 atom stereocenters. The summed E-state index contributed by atoms with van der Waals surface area (Å²) in [6, 6.07) is 1.54. The van der Waals surface area contributed by atoms with Gasteiger partial charge in [-0.3, -0.25) is 0 Å². The second kappa shape index (κ2) is 3.89. The van der Waals surface area contributed by atoms with Crippen molar-refractivity contribution in [1.29, 1.82) is 0 Å². The Morgan fingerprint density at radius 3 is 2.92 bits per heavy atom. The van der Waals surface area contributed by atoms with Crippen molar-refractivity contribution in [2.75, 3.05) is 7.11 Å². The van der Waals surface area contributed by atoms with Crippen LogP contribution in [-0.2, 0) is 9.53 Å². The molecule has 3 nitrogen and oxygen atoms in total. The van der Waals surface area contributed by atoms with Crippen LogP contribution in [0, 0.1) is 0 Å². The molecule has 1 rings (SSSR count). The maximum absolute atomic E-state index is 10.8. The number of hydrogen-bond donors (Lipinski definition) is 1. The zero-order chi connectivity index (χ0) is 9.14. The molecule has 0 aliphatic rings. The van der Waals surface area contributed by atoms with Crippen LogP contribution in [-0.4, -0.2) is 18.2 Å². The summed E-state index contributed by atoms with van der Waals surface area (Å²) >= 11 is 6.82. The second-order valence-electron chi connectivity index (χ2n) is 2.09. The number of aliphatic hydroxyl groups excluding tert-OH is 1. The van der Waals surface area contributed by atoms with Crippen molar-refractivity contribution in [3.05, 3.63) is 21.3 Å². The van der Waals surface area contributed by atoms with Crippen molar-refractivity contribution in [1.82, 2.24) is 0 Å². The Bertz CT molecular complexity index is 284. The standard InChI is InChI=1S/C7H7ClO3S/c1-11-7(10)6(9)5-2-4(8)3-12-5/h2-3,6,9H,1H3. The highest BCUT2D eigenvalue weighted by molar-refractivity contribution is 7.10. The van der Waals surface area contributed by atoms with Crippen molar-refractivity contribution in [2.45, 2.75) is 6.10 Å². The van der Waals surface area contributed by atoms with Crippen LogP contribution >= 0.6 is 22.9 Å². The van der Waals surface area contributed by atoms with Crippen LogP contribution in [0.3, 0.4) is 0 Å². The number of ether oxygens (including phenoxy) is 1. The minimum absolute atomic E-state index is 0.492. The Balaban J connectivity index is 2.77. The van der Waals surface area contributed by atoms with Crippen LogP contribution in [0.4, 0.5) is 0 Å². The number of thiophene rings is 1. The van der Waals surface area contributed by atoms with Gasteiger partial charge in [0.25, 0.3) is 0 Å². The summed E-state index contributed by atoms with van der Waals surface area (Å²) < 4.78 is 4.35. The van der Waals surface area contributed by atoms with Crippen LogP contribution in [0.2, 0.25) is 5.02 Å². The predicted octanol–water partition coefficient (Wildman–Crippen LogP) is 1.61. The van der Waals surface area contributed by atoms with Crippen LogP contribution in [0.15, 0.2) is 11.4 Å². The van der Waals surface area contributed by atoms with Gasteiger partial charge in [-0.25, -0.2) is 4.79 Å². The predicted molar refractivity (Wildman–Crippen MR) is 46.3 cm³/mol. The number of methoxy groups -OCH3 is 1. The molecule has 5 heteroatoms. The van der Waals surface area contributed by atoms with Gasteiger partial charge in [0.1, 0.15) is 0 Å². The summed E-state index contributed by atoms with van der Waals surface area (Å²) in [7, 11) is 1.22. The summed E-state index contributed by atoms with van der Waals surface area (Å²) in [5, 5.41) is 11.4. The highest BCUT2D eigenvalue weighted by atomic mass is 35.5. The normalized spacial score (nSPS) is 12.6. The molecule has 0 saturated carbocycles. The summed E-state index contributed by atoms with van der Waals surface area (Å²) in [6.07, 6.45) is -1.22. The van der Waals surface area contributed by atoms with Crippen LogP contribution in [0.5, 0.6) is 0 Å². The molecule has 0 spiro atoms. The lowest BCUT2D eigenvalue weighted by atomic mass is 10.3. The molecule has 0 saturated heterocycles. The SMILES string of the molecule is COC(=O)C(O)c1cc(Cl)cs1. The third-order valence-electron chi connectivity index (χ3n) is 1.28. The zero-order valence-corrected chi connectivity index (χ0v) is 7.85. The van der Waals surface area contributed by atoms with Gasteiger partial charge in [-0.2, -0.15) is 0 Å². The molecule has 1 unspecified atom stereocenters. The highest BCUT2D eigenvalue weighted by Crippen LogP contribution is 2.25. The summed E-state index contributed by atoms with van der Waals surface area (Å²) in [5.74, 6) is -0.673. The van der Waals surface area contributed by atoms with E-state index in [0.29, 0.717) is 9.90 Å². The molecule has 0 aliphatic carbocycles. The molecule has 0 aromatic carbocycles. The molecule has 0 radical (unpaired) electrons. The molecular weight excluding hydrogens is 200 g/mol. The molecule has 1 heterocycles. The van der Waals surface area contributed by atoms with Gasteiger partial charge >= 0.3 is 5.97 Å². The van der Waals surface area contributed by atoms with E-state index in [9.17, 15) is 9.90 Å². The number of aliphatic hydroxyl groups is 1. The lowest BCUT2D eigenvalue weighted by molar-refractivity contribution is -0.150. The first kappa shape index (κ1) is 9.51. The van der Waals surface area contributed by atoms with E-state index in [1.165, 1.54) is 24.5 Å². The number of carbonyl (C=O) groups is 1. The lowest BCUT2D eigenvalue weighted by Gasteiger charge is -2.03. The summed E-state index contributed by atoms with van der Waals surface area (Å²) in [4.78, 5) is 11.3. The molecule has 1 N–H and O–H groups in total. The lowest BCUT2D eigenvalue weighted by Crippen LogP contribution is -2.11. The van der Waals surface area contributed by atoms with Gasteiger partial charge in [-0.05, 0) is 6.07 Å². The molecule has 1 aromatic heterocycles. The van der Waals surface area contributed by atoms with Crippen molar-refractivity contribution in [2.24, 2.45) is 0 Å². The average Bonchev–Trinajstić information content (AvgIpc) is 2.49. The molecule has 0 aliphatic heterocycles. The Hall–Kier alpha value is -0.580. The topological polar surface area (TPSA) is 46.5 Å². The Morgan fingerprint density at radius 1 is 1.83 bits per heavy atom. The van der Waals surface area contributed by atoms with Crippen molar-refractivity contribution < 1.29 is 14.6 Å². The summed E-state index contributed by atoms with van der Waals surface area (Å²) in [6.45, 7) is 0. The van der Waals surface area contributed by atoms with Gasteiger partial charge in [0, 0.05) is 10.3 Å². The molecule has 0 fully saturated rings. The maximum atomic E-state index is 10.8. The van der Waals surface area contributed by atoms with E-state index in [1.807, 2.05) is 0 Å². The highest BCUT2D eigenvalue weighted by Gasteiger charge is 2.19. The quantitative estimate of drug-likeness (QED) is 0.748. The number of halogens is 1.